The third-order valence-corrected chi connectivity index (χ3v) is 4.58. The summed E-state index contributed by atoms with van der Waals surface area (Å²) in [7, 11) is 0. The molecule has 1 aliphatic rings. The lowest BCUT2D eigenvalue weighted by atomic mass is 9.86. The van der Waals surface area contributed by atoms with Crippen LogP contribution >= 0.6 is 0 Å². The predicted molar refractivity (Wildman–Crippen MR) is 83.6 cm³/mol. The summed E-state index contributed by atoms with van der Waals surface area (Å²) in [6, 6.07) is 9.40. The molecule has 1 atom stereocenters. The van der Waals surface area contributed by atoms with E-state index in [0.717, 1.165) is 12.5 Å². The van der Waals surface area contributed by atoms with Gasteiger partial charge in [-0.3, -0.25) is 0 Å². The monoisotopic (exact) mass is 260 g/mol. The van der Waals surface area contributed by atoms with Gasteiger partial charge in [0.2, 0.25) is 0 Å². The van der Waals surface area contributed by atoms with Crippen molar-refractivity contribution >= 4 is 5.69 Å². The van der Waals surface area contributed by atoms with E-state index in [1.807, 2.05) is 0 Å². The molecule has 1 aromatic carbocycles. The maximum absolute atomic E-state index is 5.94. The third-order valence-electron chi connectivity index (χ3n) is 4.58. The van der Waals surface area contributed by atoms with Crippen LogP contribution in [0.1, 0.15) is 57.4 Å². The van der Waals surface area contributed by atoms with Gasteiger partial charge >= 0.3 is 0 Å². The van der Waals surface area contributed by atoms with Gasteiger partial charge in [-0.15, -0.1) is 0 Å². The van der Waals surface area contributed by atoms with Gasteiger partial charge in [0, 0.05) is 18.3 Å². The minimum absolute atomic E-state index is 0.450. The maximum Gasteiger partial charge on any atom is 0.0340 e. The summed E-state index contributed by atoms with van der Waals surface area (Å²) in [6.45, 7) is 5.62. The van der Waals surface area contributed by atoms with Gasteiger partial charge in [0.05, 0.1) is 0 Å². The van der Waals surface area contributed by atoms with Gasteiger partial charge in [0.25, 0.3) is 0 Å². The smallest absolute Gasteiger partial charge is 0.0340 e. The van der Waals surface area contributed by atoms with Crippen LogP contribution in [0, 0.1) is 5.92 Å². The van der Waals surface area contributed by atoms with Gasteiger partial charge in [-0.2, -0.15) is 0 Å². The lowest BCUT2D eigenvalue weighted by Crippen LogP contribution is -2.29. The highest BCUT2D eigenvalue weighted by atomic mass is 14.9. The Kier molecular flexibility index (Phi) is 5.26. The highest BCUT2D eigenvalue weighted by Crippen LogP contribution is 2.24. The van der Waals surface area contributed by atoms with Crippen LogP contribution in [0.25, 0.3) is 0 Å². The number of hydrogen-bond acceptors (Lipinski definition) is 2. The second-order valence-electron chi connectivity index (χ2n) is 6.09. The summed E-state index contributed by atoms with van der Waals surface area (Å²) in [5.74, 6) is 1.46. The van der Waals surface area contributed by atoms with Crippen LogP contribution in [0.3, 0.4) is 0 Å². The summed E-state index contributed by atoms with van der Waals surface area (Å²) in [4.78, 5) is 0. The molecule has 2 rings (SSSR count). The Bertz CT molecular complexity index is 363. The summed E-state index contributed by atoms with van der Waals surface area (Å²) in [5.41, 5.74) is 8.64. The van der Waals surface area contributed by atoms with E-state index in [9.17, 15) is 0 Å². The van der Waals surface area contributed by atoms with E-state index in [0.29, 0.717) is 12.0 Å². The van der Waals surface area contributed by atoms with Crippen molar-refractivity contribution in [2.45, 2.75) is 57.9 Å². The quantitative estimate of drug-likeness (QED) is 0.835. The van der Waals surface area contributed by atoms with Crippen molar-refractivity contribution in [3.8, 4) is 0 Å². The van der Waals surface area contributed by atoms with Crippen molar-refractivity contribution in [1.29, 1.82) is 0 Å². The molecule has 1 unspecified atom stereocenters. The van der Waals surface area contributed by atoms with Gasteiger partial charge in [-0.1, -0.05) is 26.0 Å². The van der Waals surface area contributed by atoms with Crippen LogP contribution in [-0.4, -0.2) is 12.6 Å². The van der Waals surface area contributed by atoms with Crippen molar-refractivity contribution in [2.75, 3.05) is 11.9 Å². The van der Waals surface area contributed by atoms with Crippen molar-refractivity contribution in [1.82, 2.24) is 0 Å². The van der Waals surface area contributed by atoms with Gasteiger partial charge in [-0.05, 0) is 61.6 Å². The highest BCUT2D eigenvalue weighted by molar-refractivity contribution is 5.45. The van der Waals surface area contributed by atoms with Crippen LogP contribution in [-0.2, 0) is 0 Å². The molecule has 0 aliphatic heterocycles. The fourth-order valence-electron chi connectivity index (χ4n) is 2.82. The molecule has 106 valence electrons. The minimum Gasteiger partial charge on any atom is -0.385 e. The van der Waals surface area contributed by atoms with Crippen molar-refractivity contribution in [3.05, 3.63) is 29.8 Å². The Balaban J connectivity index is 1.80. The largest absolute Gasteiger partial charge is 0.385 e. The molecule has 0 bridgehead atoms. The Hall–Kier alpha value is -1.02. The Morgan fingerprint density at radius 2 is 1.79 bits per heavy atom. The van der Waals surface area contributed by atoms with Crippen LogP contribution < -0.4 is 11.1 Å². The molecule has 2 heteroatoms. The number of anilines is 1. The Morgan fingerprint density at radius 3 is 2.37 bits per heavy atom. The molecule has 1 aromatic rings. The normalized spacial score (nSPS) is 25.0. The van der Waals surface area contributed by atoms with Gasteiger partial charge < -0.3 is 11.1 Å². The van der Waals surface area contributed by atoms with Crippen molar-refractivity contribution in [3.63, 3.8) is 0 Å². The van der Waals surface area contributed by atoms with E-state index >= 15 is 0 Å². The zero-order valence-corrected chi connectivity index (χ0v) is 12.4. The molecule has 1 aliphatic carbocycles. The van der Waals surface area contributed by atoms with Gasteiger partial charge in [0.15, 0.2) is 0 Å². The fraction of sp³-hybridized carbons (Fsp3) is 0.647. The third kappa shape index (κ3) is 4.24. The molecule has 0 amide bonds. The number of nitrogens with one attached hydrogen (secondary N) is 1. The fourth-order valence-corrected chi connectivity index (χ4v) is 2.82. The highest BCUT2D eigenvalue weighted by Gasteiger charge is 2.17. The molecule has 1 saturated carbocycles. The Labute approximate surface area is 117 Å². The van der Waals surface area contributed by atoms with E-state index in [2.05, 4.69) is 43.4 Å². The van der Waals surface area contributed by atoms with E-state index in [4.69, 9.17) is 5.73 Å². The van der Waals surface area contributed by atoms with E-state index in [1.54, 1.807) is 0 Å². The lowest BCUT2D eigenvalue weighted by molar-refractivity contribution is 0.339. The van der Waals surface area contributed by atoms with Crippen LogP contribution in [0.15, 0.2) is 24.3 Å². The van der Waals surface area contributed by atoms with E-state index < -0.39 is 0 Å². The predicted octanol–water partition coefficient (Wildman–Crippen LogP) is 4.13. The number of benzene rings is 1. The molecule has 19 heavy (non-hydrogen) atoms. The zero-order chi connectivity index (χ0) is 13.7. The van der Waals surface area contributed by atoms with Crippen molar-refractivity contribution in [2.24, 2.45) is 11.7 Å². The zero-order valence-electron chi connectivity index (χ0n) is 12.4. The molecular formula is C17H28N2. The second-order valence-corrected chi connectivity index (χ2v) is 6.09. The summed E-state index contributed by atoms with van der Waals surface area (Å²) < 4.78 is 0. The first-order valence-corrected chi connectivity index (χ1v) is 7.78. The molecule has 0 aromatic heterocycles. The summed E-state index contributed by atoms with van der Waals surface area (Å²) in [6.07, 6.45) is 6.14. The standard InChI is InChI=1S/C17H28N2/c1-3-13(2)15-6-10-17(11-7-15)19-12-14-4-8-16(18)9-5-14/h6-7,10-11,13-14,16,19H,3-5,8-9,12,18H2,1-2H3. The molecule has 0 radical (unpaired) electrons. The average Bonchev–Trinajstić information content (AvgIpc) is 2.46. The first-order chi connectivity index (χ1) is 9.19. The first-order valence-electron chi connectivity index (χ1n) is 7.78. The summed E-state index contributed by atoms with van der Waals surface area (Å²) >= 11 is 0. The van der Waals surface area contributed by atoms with E-state index in [-0.39, 0.29) is 0 Å². The van der Waals surface area contributed by atoms with Crippen LogP contribution in [0.4, 0.5) is 5.69 Å². The van der Waals surface area contributed by atoms with E-state index in [1.165, 1.54) is 43.4 Å². The minimum atomic E-state index is 0.450. The second kappa shape index (κ2) is 6.95. The molecule has 0 heterocycles. The number of nitrogens with two attached hydrogens (primary N) is 1. The molecule has 3 N–H and O–H groups in total. The van der Waals surface area contributed by atoms with Crippen LogP contribution in [0.5, 0.6) is 0 Å². The number of rotatable bonds is 5. The van der Waals surface area contributed by atoms with Crippen molar-refractivity contribution < 1.29 is 0 Å². The first kappa shape index (κ1) is 14.4. The average molecular weight is 260 g/mol. The number of hydrogen-bond donors (Lipinski definition) is 2. The Morgan fingerprint density at radius 1 is 1.16 bits per heavy atom. The topological polar surface area (TPSA) is 38.0 Å². The SMILES string of the molecule is CCC(C)c1ccc(NCC2CCC(N)CC2)cc1. The lowest BCUT2D eigenvalue weighted by Gasteiger charge is -2.26. The molecule has 0 saturated heterocycles. The van der Waals surface area contributed by atoms with Crippen LogP contribution in [0.2, 0.25) is 0 Å². The molecule has 0 spiro atoms. The molecule has 2 nitrogen and oxygen atoms in total. The summed E-state index contributed by atoms with van der Waals surface area (Å²) in [5, 5.41) is 3.57. The molecular weight excluding hydrogens is 232 g/mol. The maximum atomic E-state index is 5.94. The molecule has 1 fully saturated rings. The van der Waals surface area contributed by atoms with Gasteiger partial charge in [-0.25, -0.2) is 0 Å². The van der Waals surface area contributed by atoms with Gasteiger partial charge in [0.1, 0.15) is 0 Å².